The van der Waals surface area contributed by atoms with E-state index < -0.39 is 0 Å². The first-order chi connectivity index (χ1) is 11.1. The summed E-state index contributed by atoms with van der Waals surface area (Å²) in [4.78, 5) is 4.52. The summed E-state index contributed by atoms with van der Waals surface area (Å²) < 4.78 is 8.27. The van der Waals surface area contributed by atoms with Crippen molar-refractivity contribution in [1.82, 2.24) is 14.8 Å². The van der Waals surface area contributed by atoms with Crippen LogP contribution in [-0.4, -0.2) is 28.4 Å². The molecule has 1 atom stereocenters. The number of rotatable bonds is 5. The van der Waals surface area contributed by atoms with E-state index in [1.165, 1.54) is 0 Å². The van der Waals surface area contributed by atoms with Crippen LogP contribution in [0.2, 0.25) is 0 Å². The molecule has 0 spiro atoms. The van der Waals surface area contributed by atoms with Gasteiger partial charge in [0.1, 0.15) is 15.3 Å². The van der Waals surface area contributed by atoms with Crippen molar-refractivity contribution in [2.45, 2.75) is 26.3 Å². The minimum atomic E-state index is 0.329. The van der Waals surface area contributed by atoms with Gasteiger partial charge in [-0.1, -0.05) is 6.08 Å². The van der Waals surface area contributed by atoms with Crippen LogP contribution in [0.25, 0.3) is 10.9 Å². The van der Waals surface area contributed by atoms with Gasteiger partial charge in [0, 0.05) is 18.8 Å². The molecular formula is C17H21IN4O. The lowest BCUT2D eigenvalue weighted by atomic mass is 10.00. The number of hydrogen-bond acceptors (Lipinski definition) is 4. The van der Waals surface area contributed by atoms with Crippen LogP contribution in [-0.2, 0) is 4.74 Å². The summed E-state index contributed by atoms with van der Waals surface area (Å²) >= 11 is 2.29. The number of methoxy groups -OCH3 is 1. The smallest absolute Gasteiger partial charge is 0.138 e. The van der Waals surface area contributed by atoms with Crippen molar-refractivity contribution < 1.29 is 4.74 Å². The first-order valence-corrected chi connectivity index (χ1v) is 8.87. The molecule has 6 heteroatoms. The molecule has 0 amide bonds. The molecule has 23 heavy (non-hydrogen) atoms. The van der Waals surface area contributed by atoms with E-state index in [9.17, 15) is 0 Å². The zero-order chi connectivity index (χ0) is 16.4. The van der Waals surface area contributed by atoms with Gasteiger partial charge < -0.3 is 10.1 Å². The van der Waals surface area contributed by atoms with Crippen molar-refractivity contribution in [3.05, 3.63) is 40.0 Å². The van der Waals surface area contributed by atoms with E-state index in [0.717, 1.165) is 39.1 Å². The fraction of sp³-hybridized carbons (Fsp3) is 0.412. The van der Waals surface area contributed by atoms with Crippen LogP contribution >= 0.6 is 22.6 Å². The van der Waals surface area contributed by atoms with E-state index in [4.69, 9.17) is 4.74 Å². The topological polar surface area (TPSA) is 52.0 Å². The SMILES string of the molecule is COC1=CCC(CNc2nccc3c2c(I)nn3C(C)C)C=C1. The molecule has 0 bridgehead atoms. The van der Waals surface area contributed by atoms with Gasteiger partial charge in [-0.15, -0.1) is 0 Å². The zero-order valence-electron chi connectivity index (χ0n) is 13.6. The molecule has 0 saturated heterocycles. The van der Waals surface area contributed by atoms with E-state index in [-0.39, 0.29) is 0 Å². The van der Waals surface area contributed by atoms with E-state index >= 15 is 0 Å². The van der Waals surface area contributed by atoms with Gasteiger partial charge in [0.05, 0.1) is 18.0 Å². The Hall–Kier alpha value is -1.57. The summed E-state index contributed by atoms with van der Waals surface area (Å²) in [6, 6.07) is 2.36. The highest BCUT2D eigenvalue weighted by Crippen LogP contribution is 2.28. The van der Waals surface area contributed by atoms with Gasteiger partial charge in [0.25, 0.3) is 0 Å². The summed E-state index contributed by atoms with van der Waals surface area (Å²) in [6.07, 6.45) is 9.17. The van der Waals surface area contributed by atoms with Gasteiger partial charge >= 0.3 is 0 Å². The Balaban J connectivity index is 1.79. The first kappa shape index (κ1) is 16.3. The summed E-state index contributed by atoms with van der Waals surface area (Å²) in [6.45, 7) is 5.13. The van der Waals surface area contributed by atoms with E-state index in [2.05, 4.69) is 68.7 Å². The number of pyridine rings is 1. The van der Waals surface area contributed by atoms with E-state index in [1.54, 1.807) is 7.11 Å². The zero-order valence-corrected chi connectivity index (χ0v) is 15.7. The Kier molecular flexibility index (Phi) is 4.89. The molecule has 1 aliphatic carbocycles. The van der Waals surface area contributed by atoms with Crippen LogP contribution in [0.15, 0.2) is 36.3 Å². The standard InChI is InChI=1S/C17H21IN4O/c1-11(2)22-14-8-9-19-17(15(14)16(18)21-22)20-10-12-4-6-13(23-3)7-5-12/h4,6-9,11-12H,5,10H2,1-3H3,(H,19,20). The predicted octanol–water partition coefficient (Wildman–Crippen LogP) is 4.14. The van der Waals surface area contributed by atoms with Gasteiger partial charge in [-0.05, 0) is 67.0 Å². The normalized spacial score (nSPS) is 17.6. The lowest BCUT2D eigenvalue weighted by Gasteiger charge is -2.17. The van der Waals surface area contributed by atoms with E-state index in [1.807, 2.05) is 18.3 Å². The Labute approximate surface area is 149 Å². The Morgan fingerprint density at radius 1 is 1.48 bits per heavy atom. The molecule has 0 saturated carbocycles. The number of nitrogens with zero attached hydrogens (tertiary/aromatic N) is 3. The number of hydrogen-bond donors (Lipinski definition) is 1. The Morgan fingerprint density at radius 2 is 2.30 bits per heavy atom. The van der Waals surface area contributed by atoms with Gasteiger partial charge in [0.15, 0.2) is 0 Å². The molecule has 2 aromatic rings. The van der Waals surface area contributed by atoms with Gasteiger partial charge in [-0.2, -0.15) is 5.10 Å². The molecule has 1 unspecified atom stereocenters. The number of halogens is 1. The number of nitrogens with one attached hydrogen (secondary N) is 1. The first-order valence-electron chi connectivity index (χ1n) is 7.79. The molecule has 3 rings (SSSR count). The second-order valence-corrected chi connectivity index (χ2v) is 6.95. The van der Waals surface area contributed by atoms with Crippen molar-refractivity contribution in [3.63, 3.8) is 0 Å². The van der Waals surface area contributed by atoms with Crippen LogP contribution in [0, 0.1) is 9.62 Å². The minimum Gasteiger partial charge on any atom is -0.497 e. The second kappa shape index (κ2) is 6.90. The third-order valence-electron chi connectivity index (χ3n) is 3.99. The van der Waals surface area contributed by atoms with Gasteiger partial charge in [0.2, 0.25) is 0 Å². The predicted molar refractivity (Wildman–Crippen MR) is 101 cm³/mol. The average Bonchev–Trinajstić information content (AvgIpc) is 2.91. The largest absolute Gasteiger partial charge is 0.497 e. The Bertz CT molecular complexity index is 763. The fourth-order valence-electron chi connectivity index (χ4n) is 2.75. The monoisotopic (exact) mass is 424 g/mol. The van der Waals surface area contributed by atoms with Crippen molar-refractivity contribution in [2.75, 3.05) is 19.0 Å². The van der Waals surface area contributed by atoms with Crippen molar-refractivity contribution in [2.24, 2.45) is 5.92 Å². The lowest BCUT2D eigenvalue weighted by Crippen LogP contribution is -2.14. The molecule has 2 aromatic heterocycles. The molecular weight excluding hydrogens is 403 g/mol. The number of allylic oxidation sites excluding steroid dienone is 2. The Morgan fingerprint density at radius 3 is 2.96 bits per heavy atom. The molecule has 2 heterocycles. The molecule has 0 aromatic carbocycles. The molecule has 0 radical (unpaired) electrons. The van der Waals surface area contributed by atoms with Crippen LogP contribution in [0.1, 0.15) is 26.3 Å². The maximum atomic E-state index is 5.23. The summed E-state index contributed by atoms with van der Waals surface area (Å²) in [5.41, 5.74) is 1.13. The van der Waals surface area contributed by atoms with Crippen LogP contribution in [0.4, 0.5) is 5.82 Å². The van der Waals surface area contributed by atoms with Gasteiger partial charge in [-0.25, -0.2) is 4.98 Å². The van der Waals surface area contributed by atoms with E-state index in [0.29, 0.717) is 12.0 Å². The second-order valence-electron chi connectivity index (χ2n) is 5.93. The van der Waals surface area contributed by atoms with Crippen molar-refractivity contribution in [1.29, 1.82) is 0 Å². The van der Waals surface area contributed by atoms with Crippen molar-refractivity contribution in [3.8, 4) is 0 Å². The highest BCUT2D eigenvalue weighted by molar-refractivity contribution is 14.1. The van der Waals surface area contributed by atoms with Gasteiger partial charge in [-0.3, -0.25) is 4.68 Å². The fourth-order valence-corrected chi connectivity index (χ4v) is 3.51. The maximum Gasteiger partial charge on any atom is 0.138 e. The third kappa shape index (κ3) is 3.36. The highest BCUT2D eigenvalue weighted by Gasteiger charge is 2.16. The summed E-state index contributed by atoms with van der Waals surface area (Å²) in [7, 11) is 1.70. The average molecular weight is 424 g/mol. The van der Waals surface area contributed by atoms with Crippen LogP contribution in [0.3, 0.4) is 0 Å². The number of ether oxygens (including phenoxy) is 1. The lowest BCUT2D eigenvalue weighted by molar-refractivity contribution is 0.301. The maximum absolute atomic E-state index is 5.23. The summed E-state index contributed by atoms with van der Waals surface area (Å²) in [5.74, 6) is 2.30. The quantitative estimate of drug-likeness (QED) is 0.734. The summed E-state index contributed by atoms with van der Waals surface area (Å²) in [5, 5.41) is 9.25. The molecule has 122 valence electrons. The molecule has 1 N–H and O–H groups in total. The molecule has 5 nitrogen and oxygen atoms in total. The number of fused-ring (bicyclic) bond motifs is 1. The molecule has 1 aliphatic rings. The minimum absolute atomic E-state index is 0.329. The highest BCUT2D eigenvalue weighted by atomic mass is 127. The molecule has 0 aliphatic heterocycles. The van der Waals surface area contributed by atoms with Crippen LogP contribution < -0.4 is 5.32 Å². The number of aromatic nitrogens is 3. The van der Waals surface area contributed by atoms with Crippen molar-refractivity contribution >= 4 is 39.3 Å². The third-order valence-corrected chi connectivity index (χ3v) is 4.74. The molecule has 0 fully saturated rings. The number of anilines is 1. The van der Waals surface area contributed by atoms with Crippen LogP contribution in [0.5, 0.6) is 0 Å².